The number of carbonyl (C=O) groups is 2. The van der Waals surface area contributed by atoms with Crippen LogP contribution in [0.3, 0.4) is 0 Å². The molecule has 0 aliphatic carbocycles. The monoisotopic (exact) mass is 397 g/mol. The Bertz CT molecular complexity index is 828. The maximum atomic E-state index is 13.0. The standard InChI is InChI=1S/C23H27NO5/c1-3-28-23(26)17-11-13-24(14-12-17)22(25)18-9-10-21(27-2)19(15-18)16-29-20-7-5-4-6-8-20/h4-10,15,17H,3,11-14,16H2,1-2H3. The summed E-state index contributed by atoms with van der Waals surface area (Å²) in [5.41, 5.74) is 1.40. The van der Waals surface area contributed by atoms with Gasteiger partial charge in [-0.05, 0) is 50.1 Å². The maximum Gasteiger partial charge on any atom is 0.309 e. The first-order chi connectivity index (χ1) is 14.1. The van der Waals surface area contributed by atoms with E-state index >= 15 is 0 Å². The third-order valence-corrected chi connectivity index (χ3v) is 5.07. The van der Waals surface area contributed by atoms with Crippen molar-refractivity contribution in [3.05, 3.63) is 59.7 Å². The van der Waals surface area contributed by atoms with E-state index in [-0.39, 0.29) is 17.8 Å². The van der Waals surface area contributed by atoms with Crippen LogP contribution in [0.2, 0.25) is 0 Å². The van der Waals surface area contributed by atoms with Crippen LogP contribution < -0.4 is 9.47 Å². The van der Waals surface area contributed by atoms with E-state index < -0.39 is 0 Å². The largest absolute Gasteiger partial charge is 0.496 e. The van der Waals surface area contributed by atoms with Crippen LogP contribution >= 0.6 is 0 Å². The molecule has 1 heterocycles. The SMILES string of the molecule is CCOC(=O)C1CCN(C(=O)c2ccc(OC)c(COc3ccccc3)c2)CC1. The molecule has 0 aromatic heterocycles. The number of hydrogen-bond acceptors (Lipinski definition) is 5. The van der Waals surface area contributed by atoms with Gasteiger partial charge in [0.2, 0.25) is 0 Å². The van der Waals surface area contributed by atoms with Gasteiger partial charge in [0.25, 0.3) is 5.91 Å². The molecule has 0 saturated carbocycles. The van der Waals surface area contributed by atoms with E-state index in [1.54, 1.807) is 31.1 Å². The number of ether oxygens (including phenoxy) is 3. The van der Waals surface area contributed by atoms with Gasteiger partial charge in [-0.25, -0.2) is 0 Å². The van der Waals surface area contributed by atoms with Crippen molar-refractivity contribution in [3.63, 3.8) is 0 Å². The summed E-state index contributed by atoms with van der Waals surface area (Å²) >= 11 is 0. The molecular formula is C23H27NO5. The number of para-hydroxylation sites is 1. The summed E-state index contributed by atoms with van der Waals surface area (Å²) in [6.07, 6.45) is 1.26. The van der Waals surface area contributed by atoms with Gasteiger partial charge in [-0.2, -0.15) is 0 Å². The van der Waals surface area contributed by atoms with E-state index in [9.17, 15) is 9.59 Å². The molecule has 29 heavy (non-hydrogen) atoms. The molecule has 154 valence electrons. The van der Waals surface area contributed by atoms with Crippen molar-refractivity contribution in [1.82, 2.24) is 4.90 Å². The van der Waals surface area contributed by atoms with E-state index in [1.165, 1.54) is 0 Å². The Morgan fingerprint density at radius 2 is 1.79 bits per heavy atom. The van der Waals surface area contributed by atoms with Crippen LogP contribution in [-0.2, 0) is 16.1 Å². The molecule has 1 amide bonds. The lowest BCUT2D eigenvalue weighted by atomic mass is 9.96. The summed E-state index contributed by atoms with van der Waals surface area (Å²) in [5.74, 6) is 1.11. The minimum Gasteiger partial charge on any atom is -0.496 e. The van der Waals surface area contributed by atoms with Gasteiger partial charge in [0.1, 0.15) is 18.1 Å². The van der Waals surface area contributed by atoms with Crippen molar-refractivity contribution in [2.75, 3.05) is 26.8 Å². The normalized spacial score (nSPS) is 14.3. The van der Waals surface area contributed by atoms with Crippen LogP contribution in [0.1, 0.15) is 35.7 Å². The number of benzene rings is 2. The third-order valence-electron chi connectivity index (χ3n) is 5.07. The highest BCUT2D eigenvalue weighted by molar-refractivity contribution is 5.94. The van der Waals surface area contributed by atoms with E-state index in [0.29, 0.717) is 50.5 Å². The van der Waals surface area contributed by atoms with Crippen LogP contribution in [0.15, 0.2) is 48.5 Å². The summed E-state index contributed by atoms with van der Waals surface area (Å²) in [5, 5.41) is 0. The van der Waals surface area contributed by atoms with Crippen LogP contribution in [0.4, 0.5) is 0 Å². The molecule has 0 unspecified atom stereocenters. The Hall–Kier alpha value is -3.02. The van der Waals surface area contributed by atoms with Gasteiger partial charge >= 0.3 is 5.97 Å². The highest BCUT2D eigenvalue weighted by Crippen LogP contribution is 2.25. The van der Waals surface area contributed by atoms with Gasteiger partial charge < -0.3 is 19.1 Å². The van der Waals surface area contributed by atoms with E-state index in [1.807, 2.05) is 36.4 Å². The number of nitrogens with zero attached hydrogens (tertiary/aromatic N) is 1. The zero-order valence-electron chi connectivity index (χ0n) is 16.9. The molecule has 1 saturated heterocycles. The average Bonchev–Trinajstić information content (AvgIpc) is 2.78. The minimum absolute atomic E-state index is 0.0454. The summed E-state index contributed by atoms with van der Waals surface area (Å²) < 4.78 is 16.3. The molecule has 1 aliphatic rings. The average molecular weight is 397 g/mol. The Balaban J connectivity index is 1.65. The quantitative estimate of drug-likeness (QED) is 0.667. The molecule has 6 nitrogen and oxygen atoms in total. The number of carbonyl (C=O) groups excluding carboxylic acids is 2. The second kappa shape index (κ2) is 9.96. The second-order valence-corrected chi connectivity index (χ2v) is 6.95. The molecule has 0 bridgehead atoms. The molecule has 0 spiro atoms. The molecular weight excluding hydrogens is 370 g/mol. The zero-order chi connectivity index (χ0) is 20.6. The number of methoxy groups -OCH3 is 1. The molecule has 0 radical (unpaired) electrons. The molecule has 2 aromatic carbocycles. The van der Waals surface area contributed by atoms with Crippen molar-refractivity contribution in [2.24, 2.45) is 5.92 Å². The minimum atomic E-state index is -0.163. The zero-order valence-corrected chi connectivity index (χ0v) is 16.9. The Morgan fingerprint density at radius 1 is 1.07 bits per heavy atom. The lowest BCUT2D eigenvalue weighted by Gasteiger charge is -2.31. The Labute approximate surface area is 171 Å². The fourth-order valence-corrected chi connectivity index (χ4v) is 3.46. The van der Waals surface area contributed by atoms with Crippen molar-refractivity contribution >= 4 is 11.9 Å². The number of amides is 1. The van der Waals surface area contributed by atoms with Gasteiger partial charge in [0.05, 0.1) is 19.6 Å². The highest BCUT2D eigenvalue weighted by Gasteiger charge is 2.28. The van der Waals surface area contributed by atoms with Crippen LogP contribution in [-0.4, -0.2) is 43.6 Å². The highest BCUT2D eigenvalue weighted by atomic mass is 16.5. The van der Waals surface area contributed by atoms with Crippen LogP contribution in [0.5, 0.6) is 11.5 Å². The molecule has 1 aliphatic heterocycles. The number of likely N-dealkylation sites (tertiary alicyclic amines) is 1. The van der Waals surface area contributed by atoms with Gasteiger partial charge in [-0.1, -0.05) is 18.2 Å². The number of piperidine rings is 1. The fourth-order valence-electron chi connectivity index (χ4n) is 3.46. The first kappa shape index (κ1) is 20.7. The summed E-state index contributed by atoms with van der Waals surface area (Å²) in [7, 11) is 1.60. The smallest absolute Gasteiger partial charge is 0.309 e. The van der Waals surface area contributed by atoms with Gasteiger partial charge in [-0.3, -0.25) is 9.59 Å². The molecule has 0 N–H and O–H groups in total. The van der Waals surface area contributed by atoms with E-state index in [2.05, 4.69) is 0 Å². The lowest BCUT2D eigenvalue weighted by Crippen LogP contribution is -2.40. The van der Waals surface area contributed by atoms with E-state index in [4.69, 9.17) is 14.2 Å². The number of hydrogen-bond donors (Lipinski definition) is 0. The van der Waals surface area contributed by atoms with Crippen molar-refractivity contribution in [3.8, 4) is 11.5 Å². The van der Waals surface area contributed by atoms with Gasteiger partial charge in [0.15, 0.2) is 0 Å². The summed E-state index contributed by atoms with van der Waals surface area (Å²) in [4.78, 5) is 26.6. The lowest BCUT2D eigenvalue weighted by molar-refractivity contribution is -0.149. The predicted octanol–water partition coefficient (Wildman–Crippen LogP) is 3.69. The number of esters is 1. The Kier molecular flexibility index (Phi) is 7.11. The molecule has 0 atom stereocenters. The predicted molar refractivity (Wildman–Crippen MR) is 109 cm³/mol. The topological polar surface area (TPSA) is 65.1 Å². The maximum absolute atomic E-state index is 13.0. The number of rotatable bonds is 7. The van der Waals surface area contributed by atoms with Crippen molar-refractivity contribution in [2.45, 2.75) is 26.4 Å². The van der Waals surface area contributed by atoms with E-state index in [0.717, 1.165) is 11.3 Å². The van der Waals surface area contributed by atoms with Crippen molar-refractivity contribution < 1.29 is 23.8 Å². The first-order valence-electron chi connectivity index (χ1n) is 9.93. The Morgan fingerprint density at radius 3 is 2.45 bits per heavy atom. The summed E-state index contributed by atoms with van der Waals surface area (Å²) in [6, 6.07) is 14.9. The third kappa shape index (κ3) is 5.28. The first-order valence-corrected chi connectivity index (χ1v) is 9.93. The molecule has 2 aromatic rings. The molecule has 1 fully saturated rings. The van der Waals surface area contributed by atoms with Gasteiger partial charge in [0, 0.05) is 24.2 Å². The fraction of sp³-hybridized carbons (Fsp3) is 0.391. The second-order valence-electron chi connectivity index (χ2n) is 6.95. The summed E-state index contributed by atoms with van der Waals surface area (Å²) in [6.45, 7) is 3.59. The molecule has 6 heteroatoms. The van der Waals surface area contributed by atoms with Crippen LogP contribution in [0.25, 0.3) is 0 Å². The van der Waals surface area contributed by atoms with Gasteiger partial charge in [-0.15, -0.1) is 0 Å². The van der Waals surface area contributed by atoms with Crippen LogP contribution in [0, 0.1) is 5.92 Å². The molecule has 3 rings (SSSR count). The van der Waals surface area contributed by atoms with Crippen molar-refractivity contribution in [1.29, 1.82) is 0 Å².